The molecule has 0 aliphatic carbocycles. The number of hydrogen-bond donors (Lipinski definition) is 3. The van der Waals surface area contributed by atoms with Crippen LogP contribution in [-0.2, 0) is 19.4 Å². The summed E-state index contributed by atoms with van der Waals surface area (Å²) in [6.07, 6.45) is 0. The van der Waals surface area contributed by atoms with E-state index in [-0.39, 0.29) is 0 Å². The Morgan fingerprint density at radius 3 is 2.50 bits per heavy atom. The summed E-state index contributed by atoms with van der Waals surface area (Å²) in [6, 6.07) is 0. The Balaban J connectivity index is 3.05. The van der Waals surface area contributed by atoms with Crippen LogP contribution in [0.25, 0.3) is 0 Å². The van der Waals surface area contributed by atoms with Gasteiger partial charge in [0.05, 0.1) is 0 Å². The maximum absolute atomic E-state index is 3.26. The quantitative estimate of drug-likeness (QED) is 0.553. The van der Waals surface area contributed by atoms with Crippen LogP contribution in [0, 0.1) is 0 Å². The van der Waals surface area contributed by atoms with Crippen molar-refractivity contribution in [1.29, 1.82) is 0 Å². The van der Waals surface area contributed by atoms with Gasteiger partial charge in [-0.2, -0.15) is 0 Å². The first-order valence-corrected chi connectivity index (χ1v) is 4.94. The van der Waals surface area contributed by atoms with Crippen molar-refractivity contribution in [2.45, 2.75) is 6.92 Å². The normalized spacial score (nSPS) is 9.80. The molecule has 0 unspecified atom stereocenters. The van der Waals surface area contributed by atoms with E-state index in [1.165, 1.54) is 23.5 Å². The molecule has 0 fully saturated rings. The summed E-state index contributed by atoms with van der Waals surface area (Å²) in [5, 5.41) is 9.55. The molecular formula is C6H15N3W. The molecule has 0 amide bonds. The predicted molar refractivity (Wildman–Crippen MR) is 40.6 cm³/mol. The van der Waals surface area contributed by atoms with E-state index in [2.05, 4.69) is 22.9 Å². The molecule has 0 heterocycles. The van der Waals surface area contributed by atoms with Crippen LogP contribution in [0.15, 0.2) is 0 Å². The van der Waals surface area contributed by atoms with E-state index in [1.54, 1.807) is 0 Å². The number of nitrogens with one attached hydrogen (secondary N) is 3. The van der Waals surface area contributed by atoms with Crippen molar-refractivity contribution in [1.82, 2.24) is 16.0 Å². The average molecular weight is 313 g/mol. The molecule has 10 heavy (non-hydrogen) atoms. The molecule has 0 spiro atoms. The van der Waals surface area contributed by atoms with Gasteiger partial charge in [-0.1, -0.05) is 0 Å². The van der Waals surface area contributed by atoms with Gasteiger partial charge in [-0.15, -0.1) is 0 Å². The van der Waals surface area contributed by atoms with E-state index >= 15 is 0 Å². The van der Waals surface area contributed by atoms with Crippen LogP contribution in [0.5, 0.6) is 0 Å². The fourth-order valence-electron chi connectivity index (χ4n) is 0.524. The molecule has 4 heteroatoms. The van der Waals surface area contributed by atoms with Crippen molar-refractivity contribution in [3.8, 4) is 0 Å². The van der Waals surface area contributed by atoms with Gasteiger partial charge in [0.25, 0.3) is 0 Å². The summed E-state index contributed by atoms with van der Waals surface area (Å²) < 4.78 is 1.23. The van der Waals surface area contributed by atoms with E-state index in [4.69, 9.17) is 0 Å². The van der Waals surface area contributed by atoms with Gasteiger partial charge in [-0.25, -0.2) is 0 Å². The molecule has 0 bridgehead atoms. The molecule has 0 aromatic carbocycles. The monoisotopic (exact) mass is 313 g/mol. The Bertz CT molecular complexity index is 95.0. The molecule has 0 saturated heterocycles. The minimum absolute atomic E-state index is 1.00. The zero-order valence-electron chi connectivity index (χ0n) is 6.53. The van der Waals surface area contributed by atoms with Gasteiger partial charge in [0.15, 0.2) is 0 Å². The first-order chi connectivity index (χ1) is 4.81. The minimum atomic E-state index is 1.00. The van der Waals surface area contributed by atoms with Gasteiger partial charge in [0, 0.05) is 0 Å². The second-order valence-corrected chi connectivity index (χ2v) is 3.36. The fraction of sp³-hybridized carbons (Fsp3) is 0.833. The first-order valence-electron chi connectivity index (χ1n) is 3.47. The number of likely N-dealkylation sites (N-methyl/N-ethyl adjacent to an activating group) is 1. The number of rotatable bonds is 6. The van der Waals surface area contributed by atoms with E-state index < -0.39 is 0 Å². The summed E-state index contributed by atoms with van der Waals surface area (Å²) in [6.45, 7) is 5.12. The molecule has 0 atom stereocenters. The van der Waals surface area contributed by atoms with Crippen molar-refractivity contribution >= 4 is 4.15 Å². The molecule has 0 aliphatic rings. The predicted octanol–water partition coefficient (Wildman–Crippen LogP) is -0.961. The summed E-state index contributed by atoms with van der Waals surface area (Å²) in [7, 11) is 1.96. The van der Waals surface area contributed by atoms with Gasteiger partial charge in [0.2, 0.25) is 0 Å². The van der Waals surface area contributed by atoms with Gasteiger partial charge >= 0.3 is 73.1 Å². The molecule has 3 N–H and O–H groups in total. The molecule has 60 valence electrons. The molecule has 0 aliphatic heterocycles. The fourth-order valence-corrected chi connectivity index (χ4v) is 1.41. The van der Waals surface area contributed by atoms with Crippen molar-refractivity contribution in [2.75, 3.05) is 26.7 Å². The molecule has 0 radical (unpaired) electrons. The Morgan fingerprint density at radius 2 is 2.00 bits per heavy atom. The molecule has 0 aromatic heterocycles. The summed E-state index contributed by atoms with van der Waals surface area (Å²) >= 11 is 1.47. The first kappa shape index (κ1) is 10.4. The average Bonchev–Trinajstić information content (AvgIpc) is 1.89. The Hall–Kier alpha value is 0.438. The molecule has 3 nitrogen and oxygen atoms in total. The zero-order chi connectivity index (χ0) is 7.82. The van der Waals surface area contributed by atoms with Crippen molar-refractivity contribution in [2.24, 2.45) is 0 Å². The van der Waals surface area contributed by atoms with Crippen LogP contribution in [0.2, 0.25) is 0 Å². The third-order valence-electron chi connectivity index (χ3n) is 0.998. The third-order valence-corrected chi connectivity index (χ3v) is 2.04. The molecule has 0 saturated carbocycles. The second kappa shape index (κ2) is 7.54. The van der Waals surface area contributed by atoms with Crippen LogP contribution < -0.4 is 16.0 Å². The summed E-state index contributed by atoms with van der Waals surface area (Å²) in [4.78, 5) is 0. The van der Waals surface area contributed by atoms with Gasteiger partial charge < -0.3 is 0 Å². The maximum atomic E-state index is 3.26. The van der Waals surface area contributed by atoms with E-state index in [0.717, 1.165) is 19.6 Å². The van der Waals surface area contributed by atoms with Gasteiger partial charge in [-0.05, 0) is 0 Å². The van der Waals surface area contributed by atoms with E-state index in [1.807, 2.05) is 7.05 Å². The van der Waals surface area contributed by atoms with Gasteiger partial charge in [0.1, 0.15) is 0 Å². The van der Waals surface area contributed by atoms with Crippen LogP contribution in [0.1, 0.15) is 6.92 Å². The standard InChI is InChI=1S/C6H15N3.W/c1-3-8-6-9-5-4-7-2;/h7-9H,3-5H2,1-2H3;. The van der Waals surface area contributed by atoms with Crippen molar-refractivity contribution < 1.29 is 19.4 Å². The summed E-state index contributed by atoms with van der Waals surface area (Å²) in [5.74, 6) is 0. The van der Waals surface area contributed by atoms with Crippen LogP contribution in [-0.4, -0.2) is 30.8 Å². The van der Waals surface area contributed by atoms with E-state index in [9.17, 15) is 0 Å². The Kier molecular flexibility index (Phi) is 7.87. The van der Waals surface area contributed by atoms with Crippen LogP contribution in [0.3, 0.4) is 0 Å². The Labute approximate surface area is 73.4 Å². The molecule has 0 rings (SSSR count). The SMILES string of the molecule is CCN[C](=[W])NCCNC. The second-order valence-electron chi connectivity index (χ2n) is 1.89. The topological polar surface area (TPSA) is 36.1 Å². The molecule has 0 aromatic rings. The van der Waals surface area contributed by atoms with Crippen molar-refractivity contribution in [3.63, 3.8) is 0 Å². The Morgan fingerprint density at radius 1 is 1.30 bits per heavy atom. The zero-order valence-corrected chi connectivity index (χ0v) is 9.46. The summed E-state index contributed by atoms with van der Waals surface area (Å²) in [5.41, 5.74) is 0. The number of hydrogen-bond acceptors (Lipinski definition) is 3. The van der Waals surface area contributed by atoms with Gasteiger partial charge in [-0.3, -0.25) is 0 Å². The van der Waals surface area contributed by atoms with Crippen LogP contribution in [0.4, 0.5) is 0 Å². The third kappa shape index (κ3) is 6.56. The molecular weight excluding hydrogens is 298 g/mol. The van der Waals surface area contributed by atoms with Crippen molar-refractivity contribution in [3.05, 3.63) is 0 Å². The van der Waals surface area contributed by atoms with E-state index in [0.29, 0.717) is 0 Å². The van der Waals surface area contributed by atoms with Crippen LogP contribution >= 0.6 is 0 Å².